The van der Waals surface area contributed by atoms with Crippen LogP contribution in [-0.2, 0) is 11.2 Å². The Morgan fingerprint density at radius 2 is 2.05 bits per heavy atom. The first-order valence-electron chi connectivity index (χ1n) is 6.43. The monoisotopic (exact) mass is 266 g/mol. The number of urea groups is 1. The molecule has 5 nitrogen and oxygen atoms in total. The van der Waals surface area contributed by atoms with Crippen LogP contribution in [0, 0.1) is 0 Å². The van der Waals surface area contributed by atoms with Gasteiger partial charge in [-0.25, -0.2) is 4.79 Å². The van der Waals surface area contributed by atoms with E-state index in [0.717, 1.165) is 18.4 Å². The number of ether oxygens (including phenoxy) is 1. The van der Waals surface area contributed by atoms with Crippen LogP contribution in [0.25, 0.3) is 0 Å². The smallest absolute Gasteiger partial charge is 0.315 e. The third-order valence-electron chi connectivity index (χ3n) is 2.77. The van der Waals surface area contributed by atoms with Crippen LogP contribution in [0.3, 0.4) is 0 Å². The number of hydrogen-bond donors (Lipinski definition) is 3. The summed E-state index contributed by atoms with van der Waals surface area (Å²) < 4.78 is 4.85. The Morgan fingerprint density at radius 3 is 2.68 bits per heavy atom. The average molecular weight is 266 g/mol. The van der Waals surface area contributed by atoms with Crippen LogP contribution in [0.1, 0.15) is 18.9 Å². The van der Waals surface area contributed by atoms with Crippen molar-refractivity contribution in [3.63, 3.8) is 0 Å². The molecule has 1 aromatic carbocycles. The third-order valence-corrected chi connectivity index (χ3v) is 2.77. The first-order valence-corrected chi connectivity index (χ1v) is 6.43. The second-order valence-electron chi connectivity index (χ2n) is 4.50. The third kappa shape index (κ3) is 6.67. The average Bonchev–Trinajstić information content (AvgIpc) is 2.38. The maximum atomic E-state index is 11.5. The number of nitrogens with one attached hydrogen (secondary N) is 2. The number of rotatable bonds is 7. The predicted molar refractivity (Wildman–Crippen MR) is 74.3 cm³/mol. The van der Waals surface area contributed by atoms with Gasteiger partial charge in [-0.2, -0.15) is 0 Å². The molecule has 2 amide bonds. The van der Waals surface area contributed by atoms with Gasteiger partial charge in [-0.15, -0.1) is 0 Å². The van der Waals surface area contributed by atoms with Gasteiger partial charge < -0.3 is 20.5 Å². The molecule has 0 spiro atoms. The largest absolute Gasteiger partial charge is 0.508 e. The fraction of sp³-hybridized carbons (Fsp3) is 0.500. The lowest BCUT2D eigenvalue weighted by atomic mass is 10.1. The quantitative estimate of drug-likeness (QED) is 0.657. The van der Waals surface area contributed by atoms with Crippen molar-refractivity contribution in [1.82, 2.24) is 10.6 Å². The zero-order valence-electron chi connectivity index (χ0n) is 11.5. The number of methoxy groups -OCH3 is 1. The van der Waals surface area contributed by atoms with Gasteiger partial charge in [-0.1, -0.05) is 12.1 Å². The Morgan fingerprint density at radius 1 is 1.37 bits per heavy atom. The van der Waals surface area contributed by atoms with E-state index in [1.807, 2.05) is 19.1 Å². The molecule has 0 aromatic heterocycles. The SMILES string of the molecule is COCCNC(=O)N[C@@H](C)CCc1ccc(O)cc1. The topological polar surface area (TPSA) is 70.6 Å². The molecule has 0 bridgehead atoms. The second kappa shape index (κ2) is 8.37. The highest BCUT2D eigenvalue weighted by atomic mass is 16.5. The Balaban J connectivity index is 2.21. The van der Waals surface area contributed by atoms with Gasteiger partial charge in [0.05, 0.1) is 6.61 Å². The molecule has 0 radical (unpaired) electrons. The Bertz CT molecular complexity index is 379. The summed E-state index contributed by atoms with van der Waals surface area (Å²) in [6, 6.07) is 7.04. The summed E-state index contributed by atoms with van der Waals surface area (Å²) in [5.74, 6) is 0.271. The first-order chi connectivity index (χ1) is 9.11. The van der Waals surface area contributed by atoms with Crippen molar-refractivity contribution in [1.29, 1.82) is 0 Å². The normalized spacial score (nSPS) is 11.9. The van der Waals surface area contributed by atoms with Crippen LogP contribution in [-0.4, -0.2) is 37.4 Å². The van der Waals surface area contributed by atoms with Crippen LogP contribution >= 0.6 is 0 Å². The van der Waals surface area contributed by atoms with E-state index in [1.54, 1.807) is 19.2 Å². The molecule has 5 heteroatoms. The highest BCUT2D eigenvalue weighted by Crippen LogP contribution is 2.11. The fourth-order valence-electron chi connectivity index (χ4n) is 1.66. The van der Waals surface area contributed by atoms with Crippen molar-refractivity contribution >= 4 is 6.03 Å². The number of aryl methyl sites for hydroxylation is 1. The number of carbonyl (C=O) groups excluding carboxylic acids is 1. The lowest BCUT2D eigenvalue weighted by Gasteiger charge is -2.14. The molecule has 1 rings (SSSR count). The number of phenols is 1. The number of hydrogen-bond acceptors (Lipinski definition) is 3. The zero-order chi connectivity index (χ0) is 14.1. The number of phenolic OH excluding ortho intramolecular Hbond substituents is 1. The minimum Gasteiger partial charge on any atom is -0.508 e. The summed E-state index contributed by atoms with van der Waals surface area (Å²) >= 11 is 0. The van der Waals surface area contributed by atoms with Crippen LogP contribution in [0.5, 0.6) is 5.75 Å². The lowest BCUT2D eigenvalue weighted by Crippen LogP contribution is -2.42. The summed E-state index contributed by atoms with van der Waals surface area (Å²) in [5, 5.41) is 14.8. The van der Waals surface area contributed by atoms with Crippen molar-refractivity contribution in [3.05, 3.63) is 29.8 Å². The Hall–Kier alpha value is -1.75. The highest BCUT2D eigenvalue weighted by Gasteiger charge is 2.06. The molecule has 0 heterocycles. The summed E-state index contributed by atoms with van der Waals surface area (Å²) in [5.41, 5.74) is 1.14. The van der Waals surface area contributed by atoms with Gasteiger partial charge in [0.2, 0.25) is 0 Å². The van der Waals surface area contributed by atoms with E-state index < -0.39 is 0 Å². The molecule has 0 unspecified atom stereocenters. The highest BCUT2D eigenvalue weighted by molar-refractivity contribution is 5.74. The Kier molecular flexibility index (Phi) is 6.74. The molecule has 3 N–H and O–H groups in total. The summed E-state index contributed by atoms with van der Waals surface area (Å²) in [6.45, 7) is 2.98. The number of amides is 2. The maximum Gasteiger partial charge on any atom is 0.315 e. The van der Waals surface area contributed by atoms with Gasteiger partial charge >= 0.3 is 6.03 Å². The summed E-state index contributed by atoms with van der Waals surface area (Å²) in [4.78, 5) is 11.5. The van der Waals surface area contributed by atoms with Crippen molar-refractivity contribution in [2.45, 2.75) is 25.8 Å². The molecule has 19 heavy (non-hydrogen) atoms. The molecule has 1 atom stereocenters. The molecule has 106 valence electrons. The molecule has 0 fully saturated rings. The van der Waals surface area contributed by atoms with E-state index in [1.165, 1.54) is 0 Å². The van der Waals surface area contributed by atoms with Crippen molar-refractivity contribution < 1.29 is 14.6 Å². The number of benzene rings is 1. The fourth-order valence-corrected chi connectivity index (χ4v) is 1.66. The van der Waals surface area contributed by atoms with Gasteiger partial charge in [0.15, 0.2) is 0 Å². The van der Waals surface area contributed by atoms with Crippen LogP contribution in [0.4, 0.5) is 4.79 Å². The molecule has 1 aromatic rings. The molecule has 0 saturated carbocycles. The minimum atomic E-state index is -0.171. The van der Waals surface area contributed by atoms with E-state index in [2.05, 4.69) is 10.6 Å². The van der Waals surface area contributed by atoms with E-state index in [4.69, 9.17) is 4.74 Å². The van der Waals surface area contributed by atoms with Gasteiger partial charge in [0, 0.05) is 19.7 Å². The molecule has 0 saturated heterocycles. The van der Waals surface area contributed by atoms with Crippen LogP contribution in [0.2, 0.25) is 0 Å². The van der Waals surface area contributed by atoms with E-state index in [0.29, 0.717) is 13.2 Å². The van der Waals surface area contributed by atoms with Crippen LogP contribution < -0.4 is 10.6 Å². The molecule has 0 aliphatic rings. The van der Waals surface area contributed by atoms with E-state index in [-0.39, 0.29) is 17.8 Å². The van der Waals surface area contributed by atoms with E-state index >= 15 is 0 Å². The second-order valence-corrected chi connectivity index (χ2v) is 4.50. The summed E-state index contributed by atoms with van der Waals surface area (Å²) in [7, 11) is 1.60. The first kappa shape index (κ1) is 15.3. The number of aromatic hydroxyl groups is 1. The van der Waals surface area contributed by atoms with Crippen molar-refractivity contribution in [2.24, 2.45) is 0 Å². The van der Waals surface area contributed by atoms with Gasteiger partial charge in [0.25, 0.3) is 0 Å². The van der Waals surface area contributed by atoms with Crippen molar-refractivity contribution in [2.75, 3.05) is 20.3 Å². The van der Waals surface area contributed by atoms with Gasteiger partial charge in [0.1, 0.15) is 5.75 Å². The molecular weight excluding hydrogens is 244 g/mol. The maximum absolute atomic E-state index is 11.5. The molecule has 0 aliphatic carbocycles. The molecular formula is C14H22N2O3. The Labute approximate surface area is 114 Å². The number of carbonyl (C=O) groups is 1. The van der Waals surface area contributed by atoms with Crippen molar-refractivity contribution in [3.8, 4) is 5.75 Å². The van der Waals surface area contributed by atoms with Gasteiger partial charge in [-0.3, -0.25) is 0 Å². The predicted octanol–water partition coefficient (Wildman–Crippen LogP) is 1.66. The zero-order valence-corrected chi connectivity index (χ0v) is 11.5. The molecule has 0 aliphatic heterocycles. The minimum absolute atomic E-state index is 0.0938. The van der Waals surface area contributed by atoms with E-state index in [9.17, 15) is 9.90 Å². The lowest BCUT2D eigenvalue weighted by molar-refractivity contribution is 0.195. The standard InChI is InChI=1S/C14H22N2O3/c1-11(16-14(18)15-9-10-19-2)3-4-12-5-7-13(17)8-6-12/h5-8,11,17H,3-4,9-10H2,1-2H3,(H2,15,16,18)/t11-/m0/s1. The van der Waals surface area contributed by atoms with Gasteiger partial charge in [-0.05, 0) is 37.5 Å². The summed E-state index contributed by atoms with van der Waals surface area (Å²) in [6.07, 6.45) is 1.71. The van der Waals surface area contributed by atoms with Crippen LogP contribution in [0.15, 0.2) is 24.3 Å².